The summed E-state index contributed by atoms with van der Waals surface area (Å²) in [6.07, 6.45) is 2.33. The first-order chi connectivity index (χ1) is 16.6. The number of benzene rings is 2. The summed E-state index contributed by atoms with van der Waals surface area (Å²) in [7, 11) is 1.61. The first kappa shape index (κ1) is 21.7. The van der Waals surface area contributed by atoms with E-state index in [0.29, 0.717) is 31.0 Å². The number of aromatic nitrogens is 2. The van der Waals surface area contributed by atoms with Crippen LogP contribution in [0, 0.1) is 0 Å². The molecule has 1 atom stereocenters. The Kier molecular flexibility index (Phi) is 5.99. The zero-order valence-electron chi connectivity index (χ0n) is 19.0. The largest absolute Gasteiger partial charge is 0.496 e. The van der Waals surface area contributed by atoms with Crippen molar-refractivity contribution in [1.29, 1.82) is 0 Å². The molecule has 0 aliphatic carbocycles. The summed E-state index contributed by atoms with van der Waals surface area (Å²) < 4.78 is 5.42. The predicted octanol–water partition coefficient (Wildman–Crippen LogP) is 3.67. The molecule has 7 heteroatoms. The van der Waals surface area contributed by atoms with Crippen molar-refractivity contribution in [3.8, 4) is 5.75 Å². The van der Waals surface area contributed by atoms with Gasteiger partial charge in [-0.3, -0.25) is 14.6 Å². The number of rotatable bonds is 6. The van der Waals surface area contributed by atoms with Gasteiger partial charge in [-0.25, -0.2) is 0 Å². The summed E-state index contributed by atoms with van der Waals surface area (Å²) in [4.78, 5) is 37.9. The minimum atomic E-state index is -0.197. The van der Waals surface area contributed by atoms with Crippen LogP contribution >= 0.6 is 0 Å². The molecule has 1 aliphatic rings. The van der Waals surface area contributed by atoms with Crippen LogP contribution < -0.4 is 4.74 Å². The predicted molar refractivity (Wildman–Crippen MR) is 129 cm³/mol. The maximum absolute atomic E-state index is 13.4. The zero-order valence-corrected chi connectivity index (χ0v) is 19.0. The molecule has 2 aromatic heterocycles. The van der Waals surface area contributed by atoms with Crippen molar-refractivity contribution in [3.05, 3.63) is 95.9 Å². The molecule has 0 unspecified atom stereocenters. The Bertz CT molecular complexity index is 1300. The average Bonchev–Trinajstić information content (AvgIpc) is 3.31. The van der Waals surface area contributed by atoms with Crippen molar-refractivity contribution in [2.75, 3.05) is 20.2 Å². The molecule has 3 heterocycles. The number of carbonyl (C=O) groups is 2. The number of nitrogens with one attached hydrogen (secondary N) is 1. The Labute approximate surface area is 198 Å². The number of pyridine rings is 1. The van der Waals surface area contributed by atoms with E-state index >= 15 is 0 Å². The molecule has 1 aliphatic heterocycles. The number of ether oxygens (including phenoxy) is 1. The van der Waals surface area contributed by atoms with E-state index in [1.54, 1.807) is 24.3 Å². The number of amides is 2. The lowest BCUT2D eigenvalue weighted by molar-refractivity contribution is -0.139. The Morgan fingerprint density at radius 1 is 1.09 bits per heavy atom. The van der Waals surface area contributed by atoms with Crippen LogP contribution in [0.3, 0.4) is 0 Å². The van der Waals surface area contributed by atoms with E-state index in [1.165, 1.54) is 0 Å². The second kappa shape index (κ2) is 9.39. The van der Waals surface area contributed by atoms with E-state index in [0.717, 1.165) is 22.2 Å². The van der Waals surface area contributed by atoms with Crippen molar-refractivity contribution >= 4 is 22.7 Å². The normalized spacial score (nSPS) is 16.1. The number of fused-ring (bicyclic) bond motifs is 1. The monoisotopic (exact) mass is 454 g/mol. The lowest BCUT2D eigenvalue weighted by Crippen LogP contribution is -2.58. The highest BCUT2D eigenvalue weighted by atomic mass is 16.5. The van der Waals surface area contributed by atoms with E-state index in [1.807, 2.05) is 71.6 Å². The van der Waals surface area contributed by atoms with Gasteiger partial charge in [0.15, 0.2) is 0 Å². The summed E-state index contributed by atoms with van der Waals surface area (Å²) in [6.45, 7) is 0.972. The average molecular weight is 455 g/mol. The van der Waals surface area contributed by atoms with Gasteiger partial charge in [0.25, 0.3) is 5.91 Å². The number of H-pyrrole nitrogens is 1. The standard InChI is InChI=1S/C27H26N4O3/c1-34-25-12-7-11-23-22(25)15-24(29-23)27(33)30-17-21(14-20-10-5-6-13-28-20)31(26(32)18-30)16-19-8-3-2-4-9-19/h2-13,15,21,29H,14,16-18H2,1H3/t21-/m0/s1. The molecule has 172 valence electrons. The van der Waals surface area contributed by atoms with Crippen LogP contribution in [0.25, 0.3) is 10.9 Å². The van der Waals surface area contributed by atoms with Gasteiger partial charge in [0, 0.05) is 42.3 Å². The van der Waals surface area contributed by atoms with Gasteiger partial charge >= 0.3 is 0 Å². The summed E-state index contributed by atoms with van der Waals surface area (Å²) >= 11 is 0. The van der Waals surface area contributed by atoms with Crippen LogP contribution in [0.5, 0.6) is 5.75 Å². The Balaban J connectivity index is 1.42. The minimum absolute atomic E-state index is 0.0386. The van der Waals surface area contributed by atoms with Crippen molar-refractivity contribution in [1.82, 2.24) is 19.8 Å². The van der Waals surface area contributed by atoms with Gasteiger partial charge in [-0.2, -0.15) is 0 Å². The minimum Gasteiger partial charge on any atom is -0.496 e. The smallest absolute Gasteiger partial charge is 0.270 e. The first-order valence-electron chi connectivity index (χ1n) is 11.3. The lowest BCUT2D eigenvalue weighted by atomic mass is 10.0. The number of nitrogens with zero attached hydrogens (tertiary/aromatic N) is 3. The molecule has 0 saturated carbocycles. The number of carbonyl (C=O) groups excluding carboxylic acids is 2. The Morgan fingerprint density at radius 2 is 1.91 bits per heavy atom. The quantitative estimate of drug-likeness (QED) is 0.482. The molecule has 1 N–H and O–H groups in total. The number of methoxy groups -OCH3 is 1. The zero-order chi connectivity index (χ0) is 23.5. The van der Waals surface area contributed by atoms with E-state index in [-0.39, 0.29) is 24.4 Å². The highest BCUT2D eigenvalue weighted by Gasteiger charge is 2.35. The van der Waals surface area contributed by atoms with Crippen molar-refractivity contribution in [2.45, 2.75) is 19.0 Å². The molecule has 5 rings (SSSR count). The summed E-state index contributed by atoms with van der Waals surface area (Å²) in [5.74, 6) is 0.430. The molecule has 7 nitrogen and oxygen atoms in total. The van der Waals surface area contributed by atoms with Gasteiger partial charge in [0.05, 0.1) is 13.2 Å². The summed E-state index contributed by atoms with van der Waals surface area (Å²) in [5.41, 5.74) is 3.22. The van der Waals surface area contributed by atoms with Crippen molar-refractivity contribution in [2.24, 2.45) is 0 Å². The first-order valence-corrected chi connectivity index (χ1v) is 11.3. The van der Waals surface area contributed by atoms with Gasteiger partial charge in [-0.15, -0.1) is 0 Å². The number of hydrogen-bond donors (Lipinski definition) is 1. The van der Waals surface area contributed by atoms with Gasteiger partial charge in [0.1, 0.15) is 18.0 Å². The SMILES string of the molecule is COc1cccc2[nH]c(C(=O)N3CC(=O)N(Cc4ccccc4)[C@@H](Cc4ccccn4)C3)cc12. The highest BCUT2D eigenvalue weighted by Crippen LogP contribution is 2.27. The van der Waals surface area contributed by atoms with Crippen LogP contribution in [0.4, 0.5) is 0 Å². The number of aromatic amines is 1. The molecular formula is C27H26N4O3. The third-order valence-corrected chi connectivity index (χ3v) is 6.25. The maximum Gasteiger partial charge on any atom is 0.270 e. The number of hydrogen-bond acceptors (Lipinski definition) is 4. The van der Waals surface area contributed by atoms with E-state index < -0.39 is 0 Å². The molecule has 4 aromatic rings. The summed E-state index contributed by atoms with van der Waals surface area (Å²) in [5, 5.41) is 0.840. The molecule has 1 fully saturated rings. The molecule has 0 bridgehead atoms. The molecular weight excluding hydrogens is 428 g/mol. The second-order valence-corrected chi connectivity index (χ2v) is 8.48. The van der Waals surface area contributed by atoms with Gasteiger partial charge in [0.2, 0.25) is 5.91 Å². The summed E-state index contributed by atoms with van der Waals surface area (Å²) in [6, 6.07) is 23.0. The fourth-order valence-corrected chi connectivity index (χ4v) is 4.55. The van der Waals surface area contributed by atoms with Crippen LogP contribution in [-0.2, 0) is 17.8 Å². The van der Waals surface area contributed by atoms with Crippen LogP contribution in [0.2, 0.25) is 0 Å². The van der Waals surface area contributed by atoms with Gasteiger partial charge < -0.3 is 19.5 Å². The van der Waals surface area contributed by atoms with Crippen molar-refractivity contribution < 1.29 is 14.3 Å². The van der Waals surface area contributed by atoms with E-state index in [2.05, 4.69) is 9.97 Å². The molecule has 2 aromatic carbocycles. The molecule has 0 spiro atoms. The van der Waals surface area contributed by atoms with E-state index in [9.17, 15) is 9.59 Å². The molecule has 1 saturated heterocycles. The van der Waals surface area contributed by atoms with Crippen LogP contribution in [-0.4, -0.2) is 57.8 Å². The maximum atomic E-state index is 13.4. The lowest BCUT2D eigenvalue weighted by Gasteiger charge is -2.41. The Hall–Kier alpha value is -4.13. The van der Waals surface area contributed by atoms with Crippen molar-refractivity contribution in [3.63, 3.8) is 0 Å². The van der Waals surface area contributed by atoms with Crippen LogP contribution in [0.15, 0.2) is 79.0 Å². The highest BCUT2D eigenvalue weighted by molar-refractivity contribution is 6.01. The Morgan fingerprint density at radius 3 is 2.68 bits per heavy atom. The third kappa shape index (κ3) is 4.37. The second-order valence-electron chi connectivity index (χ2n) is 8.48. The van der Waals surface area contributed by atoms with E-state index in [4.69, 9.17) is 4.74 Å². The van der Waals surface area contributed by atoms with Crippen LogP contribution in [0.1, 0.15) is 21.7 Å². The topological polar surface area (TPSA) is 78.5 Å². The number of piperazine rings is 1. The van der Waals surface area contributed by atoms with Gasteiger partial charge in [-0.1, -0.05) is 42.5 Å². The molecule has 34 heavy (non-hydrogen) atoms. The molecule has 0 radical (unpaired) electrons. The third-order valence-electron chi connectivity index (χ3n) is 6.25. The molecule has 2 amide bonds. The fourth-order valence-electron chi connectivity index (χ4n) is 4.55. The fraction of sp³-hybridized carbons (Fsp3) is 0.222. The van der Waals surface area contributed by atoms with Gasteiger partial charge in [-0.05, 0) is 35.9 Å².